The Bertz CT molecular complexity index is 725. The summed E-state index contributed by atoms with van der Waals surface area (Å²) in [5, 5.41) is 11.7. The smallest absolute Gasteiger partial charge is 0.357 e. The monoisotopic (exact) mass is 361 g/mol. The van der Waals surface area contributed by atoms with Crippen molar-refractivity contribution in [3.8, 4) is 0 Å². The Morgan fingerprint density at radius 3 is 2.32 bits per heavy atom. The van der Waals surface area contributed by atoms with Crippen LogP contribution in [0, 0.1) is 12.3 Å². The van der Waals surface area contributed by atoms with Gasteiger partial charge in [0, 0.05) is 6.20 Å². The molecule has 0 radical (unpaired) electrons. The molecule has 1 aromatic heterocycles. The quantitative estimate of drug-likeness (QED) is 0.496. The second kappa shape index (κ2) is 8.90. The Morgan fingerprint density at radius 2 is 1.80 bits per heavy atom. The van der Waals surface area contributed by atoms with Crippen molar-refractivity contribution in [2.24, 2.45) is 0 Å². The molecule has 0 saturated carbocycles. The Morgan fingerprint density at radius 1 is 1.16 bits per heavy atom. The summed E-state index contributed by atoms with van der Waals surface area (Å²) < 4.78 is 23.7. The Hall–Kier alpha value is -2.01. The molecule has 0 aliphatic heterocycles. The molecule has 2 rings (SSSR count). The molecule has 25 heavy (non-hydrogen) atoms. The van der Waals surface area contributed by atoms with Crippen molar-refractivity contribution in [2.45, 2.75) is 26.8 Å². The van der Waals surface area contributed by atoms with E-state index in [2.05, 4.69) is 10.3 Å². The molecule has 1 aromatic carbocycles. The van der Waals surface area contributed by atoms with Crippen LogP contribution in [0.15, 0.2) is 48.7 Å². The summed E-state index contributed by atoms with van der Waals surface area (Å²) >= 11 is 0. The van der Waals surface area contributed by atoms with E-state index in [9.17, 15) is 4.57 Å². The first kappa shape index (κ1) is 19.3. The zero-order valence-electron chi connectivity index (χ0n) is 14.7. The zero-order valence-corrected chi connectivity index (χ0v) is 15.6. The summed E-state index contributed by atoms with van der Waals surface area (Å²) in [6.45, 7) is 5.84. The molecule has 0 fully saturated rings. The van der Waals surface area contributed by atoms with Crippen molar-refractivity contribution in [3.05, 3.63) is 59.8 Å². The van der Waals surface area contributed by atoms with Crippen LogP contribution in [0.5, 0.6) is 0 Å². The Labute approximate surface area is 148 Å². The van der Waals surface area contributed by atoms with E-state index in [0.29, 0.717) is 5.82 Å². The number of aryl methyl sites for hydroxylation is 1. The standard InChI is InChI=1S/C18H24N3O3P/c1-4-23-25(22,24-5-2)18(19)17(15-11-9-14(3)10-12-15)21-16-8-6-7-13-20-16/h6-13,17,19H,4-5H2,1-3H3,(H,20,21). The summed E-state index contributed by atoms with van der Waals surface area (Å²) in [5.74, 6) is 0.581. The fourth-order valence-corrected chi connectivity index (χ4v) is 3.90. The molecule has 1 heterocycles. The molecule has 0 aliphatic rings. The summed E-state index contributed by atoms with van der Waals surface area (Å²) in [7, 11) is -3.69. The topological polar surface area (TPSA) is 84.3 Å². The molecular formula is C18H24N3O3P. The van der Waals surface area contributed by atoms with E-state index < -0.39 is 13.6 Å². The average molecular weight is 361 g/mol. The molecular weight excluding hydrogens is 337 g/mol. The van der Waals surface area contributed by atoms with E-state index in [0.717, 1.165) is 11.1 Å². The largest absolute Gasteiger partial charge is 0.377 e. The van der Waals surface area contributed by atoms with Gasteiger partial charge >= 0.3 is 7.60 Å². The minimum Gasteiger partial charge on any atom is -0.357 e. The number of anilines is 1. The second-order valence-corrected chi connectivity index (χ2v) is 7.41. The van der Waals surface area contributed by atoms with E-state index >= 15 is 0 Å². The minimum absolute atomic E-state index is 0.134. The van der Waals surface area contributed by atoms with Gasteiger partial charge in [0.2, 0.25) is 0 Å². The molecule has 1 unspecified atom stereocenters. The van der Waals surface area contributed by atoms with Crippen LogP contribution >= 0.6 is 7.60 Å². The number of hydrogen-bond donors (Lipinski definition) is 2. The number of nitrogens with one attached hydrogen (secondary N) is 2. The van der Waals surface area contributed by atoms with Crippen LogP contribution in [0.25, 0.3) is 0 Å². The van der Waals surface area contributed by atoms with Crippen molar-refractivity contribution in [1.29, 1.82) is 5.41 Å². The van der Waals surface area contributed by atoms with Gasteiger partial charge in [-0.1, -0.05) is 35.9 Å². The maximum absolute atomic E-state index is 13.1. The van der Waals surface area contributed by atoms with Gasteiger partial charge in [-0.2, -0.15) is 0 Å². The lowest BCUT2D eigenvalue weighted by Crippen LogP contribution is -2.23. The molecule has 0 spiro atoms. The van der Waals surface area contributed by atoms with E-state index in [1.807, 2.05) is 43.3 Å². The minimum atomic E-state index is -3.69. The maximum Gasteiger partial charge on any atom is 0.377 e. The van der Waals surface area contributed by atoms with Gasteiger partial charge in [-0.05, 0) is 38.5 Å². The summed E-state index contributed by atoms with van der Waals surface area (Å²) in [5.41, 5.74) is 1.76. The van der Waals surface area contributed by atoms with Crippen LogP contribution in [0.1, 0.15) is 31.0 Å². The SMILES string of the molecule is CCOP(=O)(OCC)C(=N)C(Nc1ccccn1)c1ccc(C)cc1. The molecule has 0 aliphatic carbocycles. The molecule has 0 amide bonds. The lowest BCUT2D eigenvalue weighted by Gasteiger charge is -2.25. The summed E-state index contributed by atoms with van der Waals surface area (Å²) in [4.78, 5) is 4.24. The second-order valence-electron chi connectivity index (χ2n) is 5.42. The van der Waals surface area contributed by atoms with Crippen LogP contribution in [0.4, 0.5) is 5.82 Å². The Balaban J connectivity index is 2.40. The van der Waals surface area contributed by atoms with Crippen LogP contribution in [-0.2, 0) is 13.6 Å². The summed E-state index contributed by atoms with van der Waals surface area (Å²) in [6.07, 6.45) is 1.66. The highest BCUT2D eigenvalue weighted by atomic mass is 31.2. The molecule has 2 aromatic rings. The van der Waals surface area contributed by atoms with Gasteiger partial charge in [0.15, 0.2) is 0 Å². The third-order valence-corrected chi connectivity index (χ3v) is 5.58. The van der Waals surface area contributed by atoms with Crippen molar-refractivity contribution in [2.75, 3.05) is 18.5 Å². The first-order chi connectivity index (χ1) is 12.0. The predicted molar refractivity (Wildman–Crippen MR) is 100 cm³/mol. The van der Waals surface area contributed by atoms with Gasteiger partial charge in [-0.15, -0.1) is 0 Å². The first-order valence-electron chi connectivity index (χ1n) is 8.22. The van der Waals surface area contributed by atoms with Crippen LogP contribution < -0.4 is 5.32 Å². The zero-order chi connectivity index (χ0) is 18.3. The van der Waals surface area contributed by atoms with Gasteiger partial charge in [0.25, 0.3) is 0 Å². The fraction of sp³-hybridized carbons (Fsp3) is 0.333. The van der Waals surface area contributed by atoms with Crippen molar-refractivity contribution >= 4 is 18.9 Å². The molecule has 0 saturated heterocycles. The Kier molecular flexibility index (Phi) is 6.88. The van der Waals surface area contributed by atoms with E-state index in [1.165, 1.54) is 0 Å². The highest BCUT2D eigenvalue weighted by Gasteiger charge is 2.36. The molecule has 0 bridgehead atoms. The fourth-order valence-electron chi connectivity index (χ4n) is 2.34. The summed E-state index contributed by atoms with van der Waals surface area (Å²) in [6, 6.07) is 12.5. The molecule has 134 valence electrons. The number of benzene rings is 1. The lowest BCUT2D eigenvalue weighted by molar-refractivity contribution is 0.231. The van der Waals surface area contributed by atoms with Gasteiger partial charge in [-0.25, -0.2) is 4.98 Å². The van der Waals surface area contributed by atoms with Crippen LogP contribution in [0.2, 0.25) is 0 Å². The highest BCUT2D eigenvalue weighted by molar-refractivity contribution is 7.72. The van der Waals surface area contributed by atoms with Gasteiger partial charge in [0.05, 0.1) is 13.2 Å². The van der Waals surface area contributed by atoms with Gasteiger partial charge < -0.3 is 14.4 Å². The van der Waals surface area contributed by atoms with E-state index in [-0.39, 0.29) is 18.7 Å². The van der Waals surface area contributed by atoms with Crippen molar-refractivity contribution in [3.63, 3.8) is 0 Å². The third kappa shape index (κ3) is 4.98. The molecule has 7 heteroatoms. The number of pyridine rings is 1. The van der Waals surface area contributed by atoms with Crippen LogP contribution in [-0.4, -0.2) is 23.7 Å². The maximum atomic E-state index is 13.1. The number of hydrogen-bond acceptors (Lipinski definition) is 6. The van der Waals surface area contributed by atoms with Crippen molar-refractivity contribution in [1.82, 2.24) is 4.98 Å². The predicted octanol–water partition coefficient (Wildman–Crippen LogP) is 4.79. The van der Waals surface area contributed by atoms with Crippen molar-refractivity contribution < 1.29 is 13.6 Å². The van der Waals surface area contributed by atoms with E-state index in [4.69, 9.17) is 14.5 Å². The first-order valence-corrected chi connectivity index (χ1v) is 9.76. The number of nitrogens with zero attached hydrogens (tertiary/aromatic N) is 1. The lowest BCUT2D eigenvalue weighted by atomic mass is 10.1. The highest BCUT2D eigenvalue weighted by Crippen LogP contribution is 2.52. The van der Waals surface area contributed by atoms with Gasteiger partial charge in [0.1, 0.15) is 17.3 Å². The molecule has 6 nitrogen and oxygen atoms in total. The normalized spacial score (nSPS) is 12.6. The number of rotatable bonds is 9. The molecule has 2 N–H and O–H groups in total. The van der Waals surface area contributed by atoms with E-state index in [1.54, 1.807) is 26.1 Å². The van der Waals surface area contributed by atoms with Crippen LogP contribution in [0.3, 0.4) is 0 Å². The average Bonchev–Trinajstić information content (AvgIpc) is 2.61. The third-order valence-electron chi connectivity index (χ3n) is 3.53. The molecule has 1 atom stereocenters. The van der Waals surface area contributed by atoms with Gasteiger partial charge in [-0.3, -0.25) is 9.97 Å². The number of aromatic nitrogens is 1.